The largest absolute Gasteiger partial charge is 0.493 e. The van der Waals surface area contributed by atoms with Crippen molar-refractivity contribution >= 4 is 33.0 Å². The molecule has 1 aromatic heterocycles. The molecule has 0 saturated heterocycles. The van der Waals surface area contributed by atoms with Crippen LogP contribution in [0.3, 0.4) is 0 Å². The second kappa shape index (κ2) is 7.67. The van der Waals surface area contributed by atoms with E-state index in [9.17, 15) is 17.2 Å². The van der Waals surface area contributed by atoms with Crippen LogP contribution in [0.4, 0.5) is 8.78 Å². The molecular weight excluding hydrogens is 408 g/mol. The van der Waals surface area contributed by atoms with E-state index in [1.807, 2.05) is 0 Å². The molecule has 1 heterocycles. The Hall–Kier alpha value is -1.42. The lowest BCUT2D eigenvalue weighted by atomic mass is 10.2. The maximum absolute atomic E-state index is 12.9. The number of methoxy groups -OCH3 is 1. The summed E-state index contributed by atoms with van der Waals surface area (Å²) in [6.07, 6.45) is 1.56. The summed E-state index contributed by atoms with van der Waals surface area (Å²) in [6.45, 7) is -2.87. The number of halogens is 3. The van der Waals surface area contributed by atoms with Crippen molar-refractivity contribution in [2.45, 2.75) is 36.2 Å². The SMILES string of the molecule is COc1cc(CN(C2CC2)S(=O)(=O)c2ccc(Cl)s2)ccc1OC(F)F. The van der Waals surface area contributed by atoms with Crippen LogP contribution in [0, 0.1) is 0 Å². The van der Waals surface area contributed by atoms with Crippen LogP contribution in [0.5, 0.6) is 11.5 Å². The van der Waals surface area contributed by atoms with Crippen LogP contribution in [0.2, 0.25) is 4.34 Å². The lowest BCUT2D eigenvalue weighted by molar-refractivity contribution is -0.0512. The second-order valence-electron chi connectivity index (χ2n) is 5.70. The Morgan fingerprint density at radius 1 is 1.27 bits per heavy atom. The molecule has 0 unspecified atom stereocenters. The molecule has 0 atom stereocenters. The summed E-state index contributed by atoms with van der Waals surface area (Å²) >= 11 is 6.87. The van der Waals surface area contributed by atoms with Gasteiger partial charge in [0.25, 0.3) is 10.0 Å². The van der Waals surface area contributed by atoms with Crippen molar-refractivity contribution in [3.8, 4) is 11.5 Å². The fraction of sp³-hybridized carbons (Fsp3) is 0.375. The highest BCUT2D eigenvalue weighted by molar-refractivity contribution is 7.91. The van der Waals surface area contributed by atoms with Crippen LogP contribution in [-0.4, -0.2) is 32.5 Å². The van der Waals surface area contributed by atoms with E-state index in [-0.39, 0.29) is 28.3 Å². The van der Waals surface area contributed by atoms with E-state index in [2.05, 4.69) is 4.74 Å². The van der Waals surface area contributed by atoms with Crippen LogP contribution >= 0.6 is 22.9 Å². The van der Waals surface area contributed by atoms with Gasteiger partial charge < -0.3 is 9.47 Å². The fourth-order valence-corrected chi connectivity index (χ4v) is 5.79. The van der Waals surface area contributed by atoms with Crippen LogP contribution in [-0.2, 0) is 16.6 Å². The summed E-state index contributed by atoms with van der Waals surface area (Å²) in [4.78, 5) is 0. The Morgan fingerprint density at radius 2 is 2.00 bits per heavy atom. The summed E-state index contributed by atoms with van der Waals surface area (Å²) in [5, 5.41) is 0. The molecule has 1 fully saturated rings. The van der Waals surface area contributed by atoms with Crippen molar-refractivity contribution in [3.05, 3.63) is 40.2 Å². The van der Waals surface area contributed by atoms with E-state index in [0.717, 1.165) is 24.2 Å². The third-order valence-electron chi connectivity index (χ3n) is 3.85. The highest BCUT2D eigenvalue weighted by Crippen LogP contribution is 2.37. The molecule has 1 aliphatic carbocycles. The molecule has 1 aromatic carbocycles. The summed E-state index contributed by atoms with van der Waals surface area (Å²) < 4.78 is 62.2. The van der Waals surface area contributed by atoms with Gasteiger partial charge in [-0.3, -0.25) is 0 Å². The normalized spacial score (nSPS) is 14.8. The molecule has 0 amide bonds. The lowest BCUT2D eigenvalue weighted by Gasteiger charge is -2.21. The number of sulfonamides is 1. The first-order valence-electron chi connectivity index (χ1n) is 7.70. The van der Waals surface area contributed by atoms with Gasteiger partial charge in [0.2, 0.25) is 0 Å². The Kier molecular flexibility index (Phi) is 5.71. The van der Waals surface area contributed by atoms with Gasteiger partial charge in [-0.15, -0.1) is 11.3 Å². The number of hydrogen-bond donors (Lipinski definition) is 0. The molecule has 0 aliphatic heterocycles. The quantitative estimate of drug-likeness (QED) is 0.632. The van der Waals surface area contributed by atoms with Gasteiger partial charge in [0, 0.05) is 12.6 Å². The standard InChI is InChI=1S/C16H16ClF2NO4S2/c1-23-13-8-10(2-5-12(13)24-16(18)19)9-20(11-3-4-11)26(21,22)15-7-6-14(17)25-15/h2,5-8,11,16H,3-4,9H2,1H3. The minimum Gasteiger partial charge on any atom is -0.493 e. The summed E-state index contributed by atoms with van der Waals surface area (Å²) in [6, 6.07) is 7.35. The van der Waals surface area contributed by atoms with Gasteiger partial charge in [0.1, 0.15) is 4.21 Å². The monoisotopic (exact) mass is 423 g/mol. The fourth-order valence-electron chi connectivity index (χ4n) is 2.51. The molecule has 1 aliphatic rings. The van der Waals surface area contributed by atoms with Crippen LogP contribution < -0.4 is 9.47 Å². The van der Waals surface area contributed by atoms with Gasteiger partial charge >= 0.3 is 6.61 Å². The molecule has 0 N–H and O–H groups in total. The first-order chi connectivity index (χ1) is 12.3. The Bertz CT molecular complexity index is 884. The average Bonchev–Trinajstić information content (AvgIpc) is 3.32. The Morgan fingerprint density at radius 3 is 2.54 bits per heavy atom. The van der Waals surface area contributed by atoms with E-state index >= 15 is 0 Å². The molecule has 26 heavy (non-hydrogen) atoms. The third-order valence-corrected chi connectivity index (χ3v) is 7.45. The molecule has 0 bridgehead atoms. The van der Waals surface area contributed by atoms with Gasteiger partial charge in [-0.25, -0.2) is 8.42 Å². The van der Waals surface area contributed by atoms with E-state index < -0.39 is 16.6 Å². The first-order valence-corrected chi connectivity index (χ1v) is 10.3. The number of ether oxygens (including phenoxy) is 2. The molecule has 1 saturated carbocycles. The predicted molar refractivity (Wildman–Crippen MR) is 94.7 cm³/mol. The first kappa shape index (κ1) is 19.3. The molecule has 3 rings (SSSR count). The lowest BCUT2D eigenvalue weighted by Crippen LogP contribution is -2.32. The molecule has 10 heteroatoms. The summed E-state index contributed by atoms with van der Waals surface area (Å²) in [5.74, 6) is 0.0206. The van der Waals surface area contributed by atoms with E-state index in [4.69, 9.17) is 16.3 Å². The van der Waals surface area contributed by atoms with Gasteiger partial charge in [-0.05, 0) is 42.7 Å². The van der Waals surface area contributed by atoms with Gasteiger partial charge in [0.05, 0.1) is 11.4 Å². The summed E-state index contributed by atoms with van der Waals surface area (Å²) in [5.41, 5.74) is 0.613. The zero-order chi connectivity index (χ0) is 18.9. The number of benzene rings is 1. The number of alkyl halides is 2. The Labute approximate surface area is 159 Å². The Balaban J connectivity index is 1.87. The number of nitrogens with zero attached hydrogens (tertiary/aromatic N) is 1. The van der Waals surface area contributed by atoms with Crippen molar-refractivity contribution in [1.82, 2.24) is 4.31 Å². The minimum atomic E-state index is -3.69. The number of hydrogen-bond acceptors (Lipinski definition) is 5. The summed E-state index contributed by atoms with van der Waals surface area (Å²) in [7, 11) is -2.35. The third kappa shape index (κ3) is 4.28. The smallest absolute Gasteiger partial charge is 0.387 e. The van der Waals surface area contributed by atoms with Crippen LogP contribution in [0.15, 0.2) is 34.5 Å². The van der Waals surface area contributed by atoms with Crippen molar-refractivity contribution in [2.24, 2.45) is 0 Å². The molecule has 0 spiro atoms. The van der Waals surface area contributed by atoms with Gasteiger partial charge in [0.15, 0.2) is 11.5 Å². The molecule has 0 radical (unpaired) electrons. The zero-order valence-electron chi connectivity index (χ0n) is 13.7. The van der Waals surface area contributed by atoms with E-state index in [1.165, 1.54) is 29.6 Å². The van der Waals surface area contributed by atoms with Crippen molar-refractivity contribution < 1.29 is 26.7 Å². The van der Waals surface area contributed by atoms with E-state index in [1.54, 1.807) is 12.1 Å². The van der Waals surface area contributed by atoms with Crippen molar-refractivity contribution in [2.75, 3.05) is 7.11 Å². The second-order valence-corrected chi connectivity index (χ2v) is 9.54. The molecular formula is C16H16ClF2NO4S2. The van der Waals surface area contributed by atoms with Crippen molar-refractivity contribution in [1.29, 1.82) is 0 Å². The minimum absolute atomic E-state index is 0.0798. The average molecular weight is 424 g/mol. The van der Waals surface area contributed by atoms with Gasteiger partial charge in [-0.1, -0.05) is 17.7 Å². The number of rotatable bonds is 8. The molecule has 142 valence electrons. The van der Waals surface area contributed by atoms with E-state index in [0.29, 0.717) is 9.90 Å². The van der Waals surface area contributed by atoms with Crippen LogP contribution in [0.1, 0.15) is 18.4 Å². The highest BCUT2D eigenvalue weighted by Gasteiger charge is 2.38. The van der Waals surface area contributed by atoms with Gasteiger partial charge in [-0.2, -0.15) is 13.1 Å². The highest BCUT2D eigenvalue weighted by atomic mass is 35.5. The topological polar surface area (TPSA) is 55.8 Å². The predicted octanol–water partition coefficient (Wildman–Crippen LogP) is 4.36. The molecule has 2 aromatic rings. The molecule has 5 nitrogen and oxygen atoms in total. The maximum atomic E-state index is 12.9. The van der Waals surface area contributed by atoms with Crippen LogP contribution in [0.25, 0.3) is 0 Å². The maximum Gasteiger partial charge on any atom is 0.387 e. The van der Waals surface area contributed by atoms with Crippen molar-refractivity contribution in [3.63, 3.8) is 0 Å². The zero-order valence-corrected chi connectivity index (χ0v) is 16.1. The number of thiophene rings is 1.